The normalized spacial score (nSPS) is 19.8. The van der Waals surface area contributed by atoms with Gasteiger partial charge in [0, 0.05) is 92.1 Å². The maximum absolute atomic E-state index is 12.7. The summed E-state index contributed by atoms with van der Waals surface area (Å²) < 4.78 is 43.9. The Bertz CT molecular complexity index is 4400. The van der Waals surface area contributed by atoms with Crippen LogP contribution in [-0.4, -0.2) is 198 Å². The van der Waals surface area contributed by atoms with E-state index in [-0.39, 0.29) is 116 Å². The summed E-state index contributed by atoms with van der Waals surface area (Å²) in [5, 5.41) is 82.2. The number of rotatable bonds is 28. The van der Waals surface area contributed by atoms with E-state index in [9.17, 15) is 83.4 Å². The Morgan fingerprint density at radius 3 is 1.53 bits per heavy atom. The summed E-state index contributed by atoms with van der Waals surface area (Å²) in [4.78, 5) is 137. The molecule has 0 bridgehead atoms. The number of hydrogen-bond acceptors (Lipinski definition) is 27. The lowest BCUT2D eigenvalue weighted by Crippen LogP contribution is -2.46. The Balaban J connectivity index is 0.000000249. The Labute approximate surface area is 669 Å². The minimum Gasteiger partial charge on any atom is -0.508 e. The Kier molecular flexibility index (Phi) is 33.0. The fourth-order valence-electron chi connectivity index (χ4n) is 11.7. The van der Waals surface area contributed by atoms with Gasteiger partial charge >= 0.3 is 30.2 Å². The molecule has 628 valence electrons. The number of nitrogens with one attached hydrogen (secondary N) is 8. The average Bonchev–Trinajstić information content (AvgIpc) is 1.66. The van der Waals surface area contributed by atoms with Crippen molar-refractivity contribution in [3.05, 3.63) is 174 Å². The van der Waals surface area contributed by atoms with Crippen molar-refractivity contribution in [1.29, 1.82) is 0 Å². The Hall–Kier alpha value is -11.9. The number of aliphatic hydroxyl groups excluding tert-OH is 4. The van der Waals surface area contributed by atoms with Gasteiger partial charge in [-0.2, -0.15) is 0 Å². The number of benzene rings is 4. The monoisotopic (exact) mass is 1620 g/mol. The van der Waals surface area contributed by atoms with Crippen LogP contribution in [0.5, 0.6) is 17.2 Å². The molecular weight excluding hydrogens is 1510 g/mol. The number of alkyl carbamates (subject to hydrolysis) is 2. The van der Waals surface area contributed by atoms with Crippen LogP contribution in [0.4, 0.5) is 14.4 Å². The molecule has 5 aromatic rings. The highest BCUT2D eigenvalue weighted by atomic mass is 16.6. The van der Waals surface area contributed by atoms with Gasteiger partial charge in [0.2, 0.25) is 23.2 Å². The van der Waals surface area contributed by atoms with Crippen molar-refractivity contribution in [2.45, 2.75) is 205 Å². The first-order valence-corrected chi connectivity index (χ1v) is 37.4. The van der Waals surface area contributed by atoms with Gasteiger partial charge in [-0.3, -0.25) is 38.4 Å². The minimum atomic E-state index is -1.35. The molecule has 14 N–H and O–H groups in total. The number of hydrogen-bond donors (Lipinski definition) is 14. The van der Waals surface area contributed by atoms with Crippen LogP contribution in [0.2, 0.25) is 0 Å². The fourth-order valence-corrected chi connectivity index (χ4v) is 11.7. The summed E-state index contributed by atoms with van der Waals surface area (Å²) in [6.07, 6.45) is -5.61. The van der Waals surface area contributed by atoms with Gasteiger partial charge in [0.15, 0.2) is 12.5 Å². The van der Waals surface area contributed by atoms with Crippen LogP contribution >= 0.6 is 0 Å². The second-order valence-electron chi connectivity index (χ2n) is 30.3. The van der Waals surface area contributed by atoms with Crippen LogP contribution in [0.25, 0.3) is 22.1 Å². The predicted molar refractivity (Wildman–Crippen MR) is 418 cm³/mol. The summed E-state index contributed by atoms with van der Waals surface area (Å²) in [5.41, 5.74) is 0.440. The van der Waals surface area contributed by atoms with E-state index in [1.807, 2.05) is 98.7 Å². The van der Waals surface area contributed by atoms with E-state index in [2.05, 4.69) is 55.7 Å². The summed E-state index contributed by atoms with van der Waals surface area (Å²) in [7, 11) is 0. The molecule has 4 aromatic carbocycles. The quantitative estimate of drug-likeness (QED) is 0.0157. The smallest absolute Gasteiger partial charge is 0.413 e. The van der Waals surface area contributed by atoms with E-state index in [1.54, 1.807) is 55.5 Å². The van der Waals surface area contributed by atoms with Gasteiger partial charge in [-0.15, -0.1) is 0 Å². The lowest BCUT2D eigenvalue weighted by molar-refractivity contribution is -0.146. The number of fused-ring (bicyclic) bond motifs is 1. The molecule has 1 aromatic heterocycles. The number of carbonyl (C=O) groups excluding carboxylic acids is 10. The van der Waals surface area contributed by atoms with Gasteiger partial charge in [-0.25, -0.2) is 14.4 Å². The molecule has 35 heteroatoms. The summed E-state index contributed by atoms with van der Waals surface area (Å²) >= 11 is 0. The molecule has 0 saturated carbocycles. The Morgan fingerprint density at radius 2 is 1.04 bits per heavy atom. The molecule has 116 heavy (non-hydrogen) atoms. The molecule has 35 nitrogen and oxygen atoms in total. The number of amides is 8. The molecule has 5 heterocycles. The molecule has 11 atom stereocenters. The molecule has 4 aliphatic heterocycles. The zero-order chi connectivity index (χ0) is 85.4. The fraction of sp³-hybridized carbons (Fsp3) is 0.444. The maximum Gasteiger partial charge on any atom is 0.413 e. The van der Waals surface area contributed by atoms with Crippen LogP contribution < -0.4 is 52.7 Å². The van der Waals surface area contributed by atoms with Crippen molar-refractivity contribution in [1.82, 2.24) is 52.3 Å². The number of nitrogens with zero attached hydrogens (tertiary/aromatic N) is 2. The van der Waals surface area contributed by atoms with Gasteiger partial charge in [0.25, 0.3) is 11.8 Å². The zero-order valence-electron chi connectivity index (χ0n) is 66.2. The van der Waals surface area contributed by atoms with Gasteiger partial charge in [0.1, 0.15) is 95.0 Å². The third-order valence-corrected chi connectivity index (χ3v) is 17.3. The molecule has 4 aliphatic rings. The SMILES string of the molecule is C=C1NC(=O)C=CN1C1OC(CNC(=O)CCC(=O)OCCC(NC(=O)CC)C(OC(=O)NC(C)(C)C)c2ccccc2)C(O)C1O.C=C1NC(=O)C=CN1C1OC(CNC(=O)CCC(=O)OCCCC(OC(=O)NC(C)(C)C)c2ccccc2)C(O)C1O.CC(C)(C)NC(=O)Oc1ccc(-c2coc3cc(O)cc(O)c3c2=O)cc1. The average molecular weight is 1620 g/mol. The third kappa shape index (κ3) is 28.6. The topological polar surface area (TPSA) is 490 Å². The molecule has 0 aliphatic carbocycles. The van der Waals surface area contributed by atoms with E-state index in [0.29, 0.717) is 29.7 Å². The molecule has 11 unspecified atom stereocenters. The minimum absolute atomic E-state index is 0.0184. The number of ether oxygens (including phenoxy) is 7. The number of phenols is 2. The lowest BCUT2D eigenvalue weighted by Gasteiger charge is -2.32. The maximum atomic E-state index is 12.7. The first-order valence-electron chi connectivity index (χ1n) is 37.4. The summed E-state index contributed by atoms with van der Waals surface area (Å²) in [5.74, 6) is -3.15. The molecule has 2 fully saturated rings. The van der Waals surface area contributed by atoms with Gasteiger partial charge in [-0.05, 0) is 104 Å². The number of aliphatic hydroxyl groups is 4. The van der Waals surface area contributed by atoms with E-state index in [1.165, 1.54) is 46.7 Å². The third-order valence-electron chi connectivity index (χ3n) is 17.3. The highest BCUT2D eigenvalue weighted by Gasteiger charge is 2.48. The van der Waals surface area contributed by atoms with Crippen LogP contribution in [0.1, 0.15) is 144 Å². The zero-order valence-corrected chi connectivity index (χ0v) is 66.2. The van der Waals surface area contributed by atoms with Crippen molar-refractivity contribution in [3.8, 4) is 28.4 Å². The van der Waals surface area contributed by atoms with Crippen molar-refractivity contribution in [3.63, 3.8) is 0 Å². The first kappa shape index (κ1) is 91.3. The van der Waals surface area contributed by atoms with E-state index in [0.717, 1.165) is 11.6 Å². The highest BCUT2D eigenvalue weighted by molar-refractivity contribution is 5.91. The van der Waals surface area contributed by atoms with Crippen LogP contribution in [-0.2, 0) is 62.0 Å². The standard InChI is InChI=1S/C32H45N5O10.C29H40N4O9.C20H19NO6/c1-6-23(38)35-21(29(20-10-8-7-9-11-20)47-31(44)36-32(3,4)5)15-17-45-26(41)13-12-24(39)33-18-22-27(42)28(43)30(46-22)37-16-14-25(40)34-19(37)2;1-18-31-23(35)14-15-33(18)27-26(38)25(37)21(41-27)17-30-22(34)12-13-24(36)40-16-8-11-20(19-9-6-5-7-10-19)42-28(39)32-29(2,3)4;1-20(2,3)21-19(25)27-13-6-4-11(5-7-13)14-10-26-16-9-12(22)8-15(23)17(16)18(14)24/h7-11,14,16,21-22,27-30,42-43H,2,6,12-13,15,17-18H2,1,3-5H3,(H,33,39)(H,34,40)(H,35,38)(H,36,44);5-7,9-10,14-15,20-21,25-27,37-38H,1,8,11-13,16-17H2,2-4H3,(H,30,34)(H,31,35)(H,32,39);4-10,22-23H,1-3H3,(H,21,25). The van der Waals surface area contributed by atoms with Crippen molar-refractivity contribution < 1.29 is 116 Å². The van der Waals surface area contributed by atoms with Crippen molar-refractivity contribution >= 4 is 70.7 Å². The Morgan fingerprint density at radius 1 is 0.569 bits per heavy atom. The van der Waals surface area contributed by atoms with Crippen LogP contribution in [0.15, 0.2) is 162 Å². The summed E-state index contributed by atoms with van der Waals surface area (Å²) in [6, 6.07) is 26.1. The van der Waals surface area contributed by atoms with Crippen LogP contribution in [0, 0.1) is 0 Å². The highest BCUT2D eigenvalue weighted by Crippen LogP contribution is 2.33. The van der Waals surface area contributed by atoms with Crippen molar-refractivity contribution in [2.75, 3.05) is 26.3 Å². The largest absolute Gasteiger partial charge is 0.508 e. The van der Waals surface area contributed by atoms with Gasteiger partial charge in [0.05, 0.1) is 37.7 Å². The molecule has 9 rings (SSSR count). The molecule has 2 saturated heterocycles. The van der Waals surface area contributed by atoms with Gasteiger partial charge in [-0.1, -0.05) is 92.9 Å². The van der Waals surface area contributed by atoms with Crippen molar-refractivity contribution in [2.24, 2.45) is 0 Å². The van der Waals surface area contributed by atoms with Gasteiger partial charge < -0.3 is 121 Å². The lowest BCUT2D eigenvalue weighted by atomic mass is 9.99. The number of esters is 2. The second-order valence-corrected chi connectivity index (χ2v) is 30.3. The molecule has 8 amide bonds. The number of aromatic hydroxyl groups is 2. The van der Waals surface area contributed by atoms with E-state index < -0.39 is 137 Å². The number of phenolic OH excluding ortho intramolecular Hbond substituents is 2. The molecule has 0 spiro atoms. The predicted octanol–water partition coefficient (Wildman–Crippen LogP) is 5.93. The van der Waals surface area contributed by atoms with E-state index >= 15 is 0 Å². The van der Waals surface area contributed by atoms with E-state index in [4.69, 9.17) is 37.6 Å². The number of carbonyl (C=O) groups is 10. The molecule has 0 radical (unpaired) electrons. The summed E-state index contributed by atoms with van der Waals surface area (Å²) in [6.45, 7) is 25.3. The molecular formula is C81H104N10O25. The second kappa shape index (κ2) is 41.9. The first-order chi connectivity index (χ1) is 54.6. The van der Waals surface area contributed by atoms with Crippen LogP contribution in [0.3, 0.4) is 0 Å².